The lowest BCUT2D eigenvalue weighted by atomic mass is 10.1. The molecule has 1 unspecified atom stereocenters. The van der Waals surface area contributed by atoms with Crippen LogP contribution in [0.2, 0.25) is 0 Å². The van der Waals surface area contributed by atoms with Gasteiger partial charge in [-0.25, -0.2) is 9.59 Å². The van der Waals surface area contributed by atoms with E-state index in [4.69, 9.17) is 5.11 Å². The van der Waals surface area contributed by atoms with Gasteiger partial charge in [0.15, 0.2) is 0 Å². The SMILES string of the molecule is Cc1cccc(NC(=O)NCCCS(C)=O)c1C(=O)O. The number of nitrogens with one attached hydrogen (secondary N) is 2. The number of carbonyl (C=O) groups excluding carboxylic acids is 1. The largest absolute Gasteiger partial charge is 0.478 e. The molecule has 6 nitrogen and oxygen atoms in total. The smallest absolute Gasteiger partial charge is 0.338 e. The summed E-state index contributed by atoms with van der Waals surface area (Å²) >= 11 is 0. The van der Waals surface area contributed by atoms with E-state index in [1.54, 1.807) is 25.3 Å². The minimum Gasteiger partial charge on any atom is -0.478 e. The molecule has 0 heterocycles. The summed E-state index contributed by atoms with van der Waals surface area (Å²) in [6, 6.07) is 4.41. The molecule has 0 aromatic heterocycles. The van der Waals surface area contributed by atoms with Crippen LogP contribution >= 0.6 is 0 Å². The van der Waals surface area contributed by atoms with Crippen LogP contribution in [0.1, 0.15) is 22.3 Å². The fourth-order valence-corrected chi connectivity index (χ4v) is 2.25. The summed E-state index contributed by atoms with van der Waals surface area (Å²) in [5.74, 6) is -0.565. The zero-order valence-electron chi connectivity index (χ0n) is 11.4. The number of carboxylic acid groups (broad SMARTS) is 1. The highest BCUT2D eigenvalue weighted by Crippen LogP contribution is 2.19. The van der Waals surface area contributed by atoms with E-state index >= 15 is 0 Å². The monoisotopic (exact) mass is 298 g/mol. The summed E-state index contributed by atoms with van der Waals surface area (Å²) in [5.41, 5.74) is 0.919. The lowest BCUT2D eigenvalue weighted by Crippen LogP contribution is -2.30. The third kappa shape index (κ3) is 5.00. The Morgan fingerprint density at radius 3 is 2.65 bits per heavy atom. The van der Waals surface area contributed by atoms with E-state index in [0.29, 0.717) is 24.3 Å². The Balaban J connectivity index is 2.60. The van der Waals surface area contributed by atoms with Crippen molar-refractivity contribution in [1.29, 1.82) is 0 Å². The number of anilines is 1. The molecule has 0 aliphatic rings. The molecular weight excluding hydrogens is 280 g/mol. The van der Waals surface area contributed by atoms with Gasteiger partial charge in [-0.2, -0.15) is 0 Å². The van der Waals surface area contributed by atoms with Crippen molar-refractivity contribution in [2.45, 2.75) is 13.3 Å². The first kappa shape index (κ1) is 16.2. The molecule has 7 heteroatoms. The number of aryl methyl sites for hydroxylation is 1. The van der Waals surface area contributed by atoms with Crippen LogP contribution in [-0.2, 0) is 10.8 Å². The number of rotatable bonds is 6. The van der Waals surface area contributed by atoms with Crippen molar-refractivity contribution in [3.63, 3.8) is 0 Å². The maximum atomic E-state index is 11.7. The van der Waals surface area contributed by atoms with E-state index in [0.717, 1.165) is 0 Å². The maximum absolute atomic E-state index is 11.7. The number of carbonyl (C=O) groups is 2. The van der Waals surface area contributed by atoms with Gasteiger partial charge in [-0.3, -0.25) is 4.21 Å². The molecule has 0 fully saturated rings. The molecule has 0 aliphatic carbocycles. The van der Waals surface area contributed by atoms with Crippen molar-refractivity contribution in [1.82, 2.24) is 5.32 Å². The van der Waals surface area contributed by atoms with Crippen LogP contribution in [-0.4, -0.2) is 39.9 Å². The molecule has 2 amide bonds. The van der Waals surface area contributed by atoms with Crippen LogP contribution in [0.3, 0.4) is 0 Å². The topological polar surface area (TPSA) is 95.5 Å². The second-order valence-electron chi connectivity index (χ2n) is 4.31. The zero-order valence-corrected chi connectivity index (χ0v) is 12.3. The molecule has 0 aliphatic heterocycles. The van der Waals surface area contributed by atoms with Crippen LogP contribution in [0, 0.1) is 6.92 Å². The van der Waals surface area contributed by atoms with Crippen molar-refractivity contribution >= 4 is 28.5 Å². The van der Waals surface area contributed by atoms with Gasteiger partial charge in [0.1, 0.15) is 0 Å². The first-order valence-corrected chi connectivity index (χ1v) is 7.82. The van der Waals surface area contributed by atoms with Crippen molar-refractivity contribution in [2.24, 2.45) is 0 Å². The predicted molar refractivity (Wildman–Crippen MR) is 78.7 cm³/mol. The molecule has 1 aromatic carbocycles. The van der Waals surface area contributed by atoms with Gasteiger partial charge in [0.05, 0.1) is 11.3 Å². The number of hydrogen-bond acceptors (Lipinski definition) is 3. The van der Waals surface area contributed by atoms with Crippen LogP contribution in [0.25, 0.3) is 0 Å². The number of aromatic carboxylic acids is 1. The van der Waals surface area contributed by atoms with Crippen molar-refractivity contribution < 1.29 is 18.9 Å². The van der Waals surface area contributed by atoms with E-state index < -0.39 is 22.8 Å². The fourth-order valence-electron chi connectivity index (χ4n) is 1.70. The quantitative estimate of drug-likeness (QED) is 0.695. The van der Waals surface area contributed by atoms with E-state index in [1.807, 2.05) is 0 Å². The second kappa shape index (κ2) is 7.64. The average molecular weight is 298 g/mol. The minimum atomic E-state index is -1.08. The highest BCUT2D eigenvalue weighted by Gasteiger charge is 2.14. The van der Waals surface area contributed by atoms with Gasteiger partial charge in [-0.05, 0) is 25.0 Å². The first-order chi connectivity index (χ1) is 9.41. The van der Waals surface area contributed by atoms with Crippen molar-refractivity contribution in [2.75, 3.05) is 23.9 Å². The van der Waals surface area contributed by atoms with Gasteiger partial charge >= 0.3 is 12.0 Å². The number of amides is 2. The van der Waals surface area contributed by atoms with E-state index in [9.17, 15) is 13.8 Å². The number of benzene rings is 1. The van der Waals surface area contributed by atoms with Crippen LogP contribution < -0.4 is 10.6 Å². The Bertz CT molecular complexity index is 531. The summed E-state index contributed by atoms with van der Waals surface area (Å²) in [4.78, 5) is 22.8. The van der Waals surface area contributed by atoms with Crippen molar-refractivity contribution in [3.05, 3.63) is 29.3 Å². The van der Waals surface area contributed by atoms with Crippen LogP contribution in [0.15, 0.2) is 18.2 Å². The standard InChI is InChI=1S/C13H18N2O4S/c1-9-5-3-6-10(11(9)12(16)17)15-13(18)14-7-4-8-20(2)19/h3,5-6H,4,7-8H2,1-2H3,(H,16,17)(H2,14,15,18). The predicted octanol–water partition coefficient (Wildman–Crippen LogP) is 1.58. The number of urea groups is 1. The molecule has 0 saturated heterocycles. The summed E-state index contributed by atoms with van der Waals surface area (Å²) in [6.07, 6.45) is 2.21. The zero-order chi connectivity index (χ0) is 15.1. The van der Waals surface area contributed by atoms with Gasteiger partial charge in [-0.1, -0.05) is 12.1 Å². The Kier molecular flexibility index (Phi) is 6.17. The Morgan fingerprint density at radius 2 is 2.05 bits per heavy atom. The summed E-state index contributed by atoms with van der Waals surface area (Å²) in [5, 5.41) is 14.2. The molecule has 1 atom stereocenters. The lowest BCUT2D eigenvalue weighted by molar-refractivity contribution is 0.0697. The third-order valence-electron chi connectivity index (χ3n) is 2.63. The second-order valence-corrected chi connectivity index (χ2v) is 5.87. The maximum Gasteiger partial charge on any atom is 0.338 e. The highest BCUT2D eigenvalue weighted by atomic mass is 32.2. The first-order valence-electron chi connectivity index (χ1n) is 6.09. The third-order valence-corrected chi connectivity index (χ3v) is 3.49. The Hall–Kier alpha value is -1.89. The minimum absolute atomic E-state index is 0.0808. The highest BCUT2D eigenvalue weighted by molar-refractivity contribution is 7.84. The van der Waals surface area contributed by atoms with Gasteiger partial charge in [0, 0.05) is 29.4 Å². The lowest BCUT2D eigenvalue weighted by Gasteiger charge is -2.11. The average Bonchev–Trinajstić information content (AvgIpc) is 2.34. The van der Waals surface area contributed by atoms with E-state index in [-0.39, 0.29) is 11.3 Å². The van der Waals surface area contributed by atoms with Gasteiger partial charge in [0.25, 0.3) is 0 Å². The molecular formula is C13H18N2O4S. The van der Waals surface area contributed by atoms with Crippen molar-refractivity contribution in [3.8, 4) is 0 Å². The number of carboxylic acids is 1. The molecule has 1 rings (SSSR count). The summed E-state index contributed by atoms with van der Waals surface area (Å²) in [7, 11) is -0.881. The molecule has 1 aromatic rings. The van der Waals surface area contributed by atoms with Gasteiger partial charge in [0.2, 0.25) is 0 Å². The molecule has 0 radical (unpaired) electrons. The van der Waals surface area contributed by atoms with Gasteiger partial charge in [-0.15, -0.1) is 0 Å². The Morgan fingerprint density at radius 1 is 1.35 bits per heavy atom. The fraction of sp³-hybridized carbons (Fsp3) is 0.385. The normalized spacial score (nSPS) is 11.7. The van der Waals surface area contributed by atoms with Crippen LogP contribution in [0.4, 0.5) is 10.5 Å². The summed E-state index contributed by atoms with van der Waals surface area (Å²) < 4.78 is 10.9. The molecule has 3 N–H and O–H groups in total. The molecule has 110 valence electrons. The molecule has 20 heavy (non-hydrogen) atoms. The molecule has 0 bridgehead atoms. The van der Waals surface area contributed by atoms with E-state index in [1.165, 1.54) is 6.07 Å². The summed E-state index contributed by atoms with van der Waals surface area (Å²) in [6.45, 7) is 2.06. The van der Waals surface area contributed by atoms with Gasteiger partial charge < -0.3 is 15.7 Å². The van der Waals surface area contributed by atoms with E-state index in [2.05, 4.69) is 10.6 Å². The molecule has 0 saturated carbocycles. The van der Waals surface area contributed by atoms with Crippen LogP contribution in [0.5, 0.6) is 0 Å². The number of hydrogen-bond donors (Lipinski definition) is 3. The Labute approximate surface area is 120 Å². The molecule has 0 spiro atoms.